The molecule has 3 atom stereocenters. The van der Waals surface area contributed by atoms with Crippen LogP contribution < -0.4 is 0 Å². The van der Waals surface area contributed by atoms with Crippen molar-refractivity contribution in [1.29, 1.82) is 0 Å². The Morgan fingerprint density at radius 2 is 1.63 bits per heavy atom. The van der Waals surface area contributed by atoms with Gasteiger partial charge >= 0.3 is 17.1 Å². The molecule has 0 aromatic rings. The maximum absolute atomic E-state index is 12.4. The molecule has 3 fully saturated rings. The summed E-state index contributed by atoms with van der Waals surface area (Å²) in [7, 11) is -3.88. The molecular weight excluding hydrogens is 404 g/mol. The number of carbonyl (C=O) groups excluding carboxylic acids is 1. The summed E-state index contributed by atoms with van der Waals surface area (Å²) in [6.07, 6.45) is 17.6. The summed E-state index contributed by atoms with van der Waals surface area (Å²) in [5.41, 5.74) is 0. The van der Waals surface area contributed by atoms with E-state index in [0.29, 0.717) is 18.1 Å². The second kappa shape index (κ2) is 11.9. The summed E-state index contributed by atoms with van der Waals surface area (Å²) in [5, 5.41) is -0.0155. The molecule has 0 bridgehead atoms. The Bertz CT molecular complexity index is 523. The number of hydrogen-bond donors (Lipinski definition) is 0. The summed E-state index contributed by atoms with van der Waals surface area (Å²) in [6.45, 7) is 6.32. The van der Waals surface area contributed by atoms with E-state index >= 15 is 0 Å². The summed E-state index contributed by atoms with van der Waals surface area (Å²) >= 11 is 0. The number of carbonyl (C=O) groups is 1. The van der Waals surface area contributed by atoms with Gasteiger partial charge in [-0.05, 0) is 82.0 Å². The third kappa shape index (κ3) is 7.45. The van der Waals surface area contributed by atoms with Gasteiger partial charge in [0.05, 0.1) is 12.0 Å². The second-order valence-corrected chi connectivity index (χ2v) is 8.88. The Hall–Kier alpha value is 0.0995. The van der Waals surface area contributed by atoms with Gasteiger partial charge in [-0.15, -0.1) is 0 Å². The molecule has 0 heterocycles. The van der Waals surface area contributed by atoms with Crippen LogP contribution in [0, 0.1) is 80.3 Å². The second-order valence-electron chi connectivity index (χ2n) is 7.34. The molecule has 4 nitrogen and oxygen atoms in total. The molecule has 0 aromatic carbocycles. The minimum Gasteiger partial charge on any atom is -0.303 e. The van der Waals surface area contributed by atoms with Crippen molar-refractivity contribution in [2.45, 2.75) is 46.1 Å². The number of hydrogen-bond acceptors (Lipinski definition) is 4. The molecule has 148 valence electrons. The van der Waals surface area contributed by atoms with Crippen LogP contribution in [0.2, 0.25) is 0 Å². The molecule has 6 heteroatoms. The zero-order chi connectivity index (χ0) is 19.2. The fourth-order valence-electron chi connectivity index (χ4n) is 3.50. The van der Waals surface area contributed by atoms with Gasteiger partial charge in [-0.2, -0.15) is 8.42 Å². The van der Waals surface area contributed by atoms with Crippen molar-refractivity contribution in [3.63, 3.8) is 0 Å². The van der Waals surface area contributed by atoms with Crippen LogP contribution >= 0.6 is 0 Å². The topological polar surface area (TPSA) is 60.4 Å². The van der Waals surface area contributed by atoms with Crippen LogP contribution in [0.4, 0.5) is 0 Å². The van der Waals surface area contributed by atoms with Gasteiger partial charge in [-0.1, -0.05) is 27.2 Å². The first-order valence-electron chi connectivity index (χ1n) is 9.16. The zero-order valence-electron chi connectivity index (χ0n) is 16.0. The van der Waals surface area contributed by atoms with E-state index in [9.17, 15) is 13.2 Å². The van der Waals surface area contributed by atoms with Crippen LogP contribution in [-0.2, 0) is 36.2 Å². The quantitative estimate of drug-likeness (QED) is 0.377. The standard InChI is InChI=1S/C16H23O4S.C5H5.Fe/c1-11(2)14-8-7-12(3)9-15(14)20-21(18,19)16-6-4-5-13(16)10-17;1-2-4-5-3-1;/h4-6,10-12,14-15H,7-9H2,1-3H3;1-5H;/q;;+2/t12-,14+,15-;;/m1../s1. The van der Waals surface area contributed by atoms with E-state index in [1.54, 1.807) is 6.42 Å². The van der Waals surface area contributed by atoms with Crippen LogP contribution in [0.5, 0.6) is 0 Å². The zero-order valence-corrected chi connectivity index (χ0v) is 17.9. The van der Waals surface area contributed by atoms with Gasteiger partial charge in [0, 0.05) is 0 Å². The Labute approximate surface area is 177 Å². The summed E-state index contributed by atoms with van der Waals surface area (Å²) < 4.78 is 30.4. The van der Waals surface area contributed by atoms with E-state index in [2.05, 4.69) is 20.8 Å². The van der Waals surface area contributed by atoms with Crippen LogP contribution in [0.25, 0.3) is 0 Å². The van der Waals surface area contributed by atoms with Crippen LogP contribution in [0.1, 0.15) is 40.0 Å². The van der Waals surface area contributed by atoms with Gasteiger partial charge in [0.2, 0.25) is 0 Å². The Morgan fingerprint density at radius 3 is 2.15 bits per heavy atom. The van der Waals surface area contributed by atoms with Gasteiger partial charge in [-0.3, -0.25) is 4.18 Å². The third-order valence-corrected chi connectivity index (χ3v) is 6.38. The molecule has 0 N–H and O–H groups in total. The SMILES string of the molecule is CC(C)[C@@H]1CC[C@@H](C)C[C@H]1OS(=O)(=O)[C]1[CH][CH][CH][C]1C=O.[CH]1[CH][CH][CH][CH]1.[Fe+2]. The Morgan fingerprint density at radius 1 is 1.04 bits per heavy atom. The smallest absolute Gasteiger partial charge is 0.303 e. The van der Waals surface area contributed by atoms with Gasteiger partial charge in [0.15, 0.2) is 0 Å². The van der Waals surface area contributed by atoms with E-state index in [-0.39, 0.29) is 40.3 Å². The fraction of sp³-hybridized carbons (Fsp3) is 0.476. The van der Waals surface area contributed by atoms with Crippen molar-refractivity contribution < 1.29 is 34.5 Å². The minimum absolute atomic E-state index is 0. The van der Waals surface area contributed by atoms with E-state index in [1.807, 2.05) is 32.1 Å². The molecule has 0 spiro atoms. The first-order valence-corrected chi connectivity index (χ1v) is 10.6. The van der Waals surface area contributed by atoms with E-state index in [0.717, 1.165) is 19.3 Å². The first kappa shape index (κ1) is 25.1. The molecule has 0 amide bonds. The Balaban J connectivity index is 0.000000526. The molecule has 3 rings (SSSR count). The van der Waals surface area contributed by atoms with Crippen molar-refractivity contribution in [1.82, 2.24) is 0 Å². The molecule has 0 aromatic heterocycles. The number of aldehydes is 1. The van der Waals surface area contributed by atoms with Crippen molar-refractivity contribution >= 4 is 16.4 Å². The van der Waals surface area contributed by atoms with Crippen molar-refractivity contribution in [3.8, 4) is 0 Å². The predicted octanol–water partition coefficient (Wildman–Crippen LogP) is 3.74. The van der Waals surface area contributed by atoms with Crippen molar-refractivity contribution in [3.05, 3.63) is 62.5 Å². The summed E-state index contributed by atoms with van der Waals surface area (Å²) in [5.74, 6) is 1.25. The van der Waals surface area contributed by atoms with Crippen LogP contribution in [0.15, 0.2) is 0 Å². The average molecular weight is 432 g/mol. The summed E-state index contributed by atoms with van der Waals surface area (Å²) in [6, 6.07) is 0. The molecule has 0 aliphatic heterocycles. The monoisotopic (exact) mass is 432 g/mol. The van der Waals surface area contributed by atoms with Gasteiger partial charge in [-0.25, -0.2) is 0 Å². The van der Waals surface area contributed by atoms with Crippen LogP contribution in [-0.4, -0.2) is 20.8 Å². The molecule has 0 saturated heterocycles. The third-order valence-electron chi connectivity index (χ3n) is 4.97. The molecule has 27 heavy (non-hydrogen) atoms. The van der Waals surface area contributed by atoms with Crippen molar-refractivity contribution in [2.75, 3.05) is 0 Å². The number of rotatable bonds is 5. The maximum atomic E-state index is 12.4. The normalized spacial score (nSPS) is 29.9. The van der Waals surface area contributed by atoms with Gasteiger partial charge < -0.3 is 4.79 Å². The fourth-order valence-corrected chi connectivity index (χ4v) is 4.80. The van der Waals surface area contributed by atoms with E-state index in [1.165, 1.54) is 12.8 Å². The molecular formula is C21H28FeO4S+2. The largest absolute Gasteiger partial charge is 2.00 e. The Kier molecular flexibility index (Phi) is 11.1. The first-order chi connectivity index (χ1) is 12.3. The molecule has 10 radical (unpaired) electrons. The molecule has 3 saturated carbocycles. The molecule has 3 aliphatic carbocycles. The molecule has 0 unspecified atom stereocenters. The van der Waals surface area contributed by atoms with Gasteiger partial charge in [0.25, 0.3) is 10.1 Å². The predicted molar refractivity (Wildman–Crippen MR) is 102 cm³/mol. The van der Waals surface area contributed by atoms with E-state index < -0.39 is 10.1 Å². The van der Waals surface area contributed by atoms with Crippen molar-refractivity contribution in [2.24, 2.45) is 17.8 Å². The van der Waals surface area contributed by atoms with Gasteiger partial charge in [0.1, 0.15) is 11.5 Å². The van der Waals surface area contributed by atoms with E-state index in [4.69, 9.17) is 4.18 Å². The minimum atomic E-state index is -3.88. The molecule has 3 aliphatic rings. The summed E-state index contributed by atoms with van der Waals surface area (Å²) in [4.78, 5) is 10.9. The maximum Gasteiger partial charge on any atom is 2.00 e. The average Bonchev–Trinajstić information content (AvgIpc) is 3.28. The van der Waals surface area contributed by atoms with Crippen LogP contribution in [0.3, 0.4) is 0 Å².